The van der Waals surface area contributed by atoms with Gasteiger partial charge in [0.1, 0.15) is 18.5 Å². The van der Waals surface area contributed by atoms with Gasteiger partial charge in [0, 0.05) is 11.5 Å². The van der Waals surface area contributed by atoms with E-state index in [0.717, 1.165) is 28.3 Å². The lowest BCUT2D eigenvalue weighted by atomic mass is 9.98. The van der Waals surface area contributed by atoms with Gasteiger partial charge in [-0.25, -0.2) is 14.0 Å². The molecule has 8 heteroatoms. The number of carbonyl (C=O) groups is 3. The lowest BCUT2D eigenvalue weighted by Crippen LogP contribution is -2.40. The Balaban J connectivity index is 1.39. The smallest absolute Gasteiger partial charge is 0.411 e. The van der Waals surface area contributed by atoms with Gasteiger partial charge in [0.15, 0.2) is 0 Å². The fourth-order valence-electron chi connectivity index (χ4n) is 4.29. The topological polar surface area (TPSA) is 105 Å². The predicted molar refractivity (Wildman–Crippen MR) is 129 cm³/mol. The van der Waals surface area contributed by atoms with Gasteiger partial charge in [-0.15, -0.1) is 0 Å². The summed E-state index contributed by atoms with van der Waals surface area (Å²) in [6.45, 7) is 1.88. The van der Waals surface area contributed by atoms with Crippen molar-refractivity contribution in [2.75, 3.05) is 11.9 Å². The Morgan fingerprint density at radius 1 is 1.00 bits per heavy atom. The van der Waals surface area contributed by atoms with Crippen molar-refractivity contribution < 1.29 is 28.6 Å². The summed E-state index contributed by atoms with van der Waals surface area (Å²) >= 11 is 0. The van der Waals surface area contributed by atoms with Crippen molar-refractivity contribution in [3.8, 4) is 11.1 Å². The van der Waals surface area contributed by atoms with Crippen molar-refractivity contribution >= 4 is 23.7 Å². The Morgan fingerprint density at radius 2 is 1.63 bits per heavy atom. The van der Waals surface area contributed by atoms with Gasteiger partial charge in [0.25, 0.3) is 5.91 Å². The Bertz CT molecular complexity index is 1230. The number of halogens is 1. The van der Waals surface area contributed by atoms with Gasteiger partial charge in [-0.1, -0.05) is 61.9 Å². The second kappa shape index (κ2) is 10.4. The van der Waals surface area contributed by atoms with Crippen molar-refractivity contribution in [2.24, 2.45) is 0 Å². The van der Waals surface area contributed by atoms with Gasteiger partial charge in [-0.05, 0) is 46.9 Å². The molecule has 1 aliphatic rings. The Labute approximate surface area is 201 Å². The molecule has 7 nitrogen and oxygen atoms in total. The first kappa shape index (κ1) is 23.9. The molecule has 2 amide bonds. The highest BCUT2D eigenvalue weighted by molar-refractivity contribution is 5.97. The molecular formula is C27H25FN2O5. The van der Waals surface area contributed by atoms with E-state index >= 15 is 0 Å². The molecule has 0 heterocycles. The summed E-state index contributed by atoms with van der Waals surface area (Å²) in [5.74, 6) is -2.84. The van der Waals surface area contributed by atoms with Crippen LogP contribution in [0.25, 0.3) is 11.1 Å². The quantitative estimate of drug-likeness (QED) is 0.416. The van der Waals surface area contributed by atoms with Crippen LogP contribution in [0.15, 0.2) is 66.7 Å². The molecule has 35 heavy (non-hydrogen) atoms. The second-order valence-electron chi connectivity index (χ2n) is 8.30. The lowest BCUT2D eigenvalue weighted by molar-refractivity contribution is -0.139. The molecule has 0 fully saturated rings. The first-order valence-corrected chi connectivity index (χ1v) is 11.3. The molecule has 0 saturated carbocycles. The zero-order valence-electron chi connectivity index (χ0n) is 19.1. The fraction of sp³-hybridized carbons (Fsp3) is 0.222. The minimum atomic E-state index is -1.16. The number of aliphatic carboxylic acids is 1. The molecule has 4 rings (SSSR count). The van der Waals surface area contributed by atoms with Crippen molar-refractivity contribution in [1.29, 1.82) is 0 Å². The number of hydrogen-bond acceptors (Lipinski definition) is 4. The van der Waals surface area contributed by atoms with E-state index in [2.05, 4.69) is 10.6 Å². The third-order valence-corrected chi connectivity index (χ3v) is 5.99. The largest absolute Gasteiger partial charge is 0.480 e. The number of carbonyl (C=O) groups excluding carboxylic acids is 2. The molecular weight excluding hydrogens is 451 g/mol. The SMILES string of the molecule is CCC[C@@H](NC(=O)c1ccc(NC(=O)OCC2c3ccccc3-c3ccccc32)c(F)c1)C(=O)O. The molecule has 1 atom stereocenters. The summed E-state index contributed by atoms with van der Waals surface area (Å²) in [4.78, 5) is 36.0. The Hall–Kier alpha value is -4.20. The van der Waals surface area contributed by atoms with Crippen LogP contribution in [0, 0.1) is 5.82 Å². The number of carboxylic acids is 1. The van der Waals surface area contributed by atoms with Crippen LogP contribution in [0.4, 0.5) is 14.9 Å². The first-order valence-electron chi connectivity index (χ1n) is 11.3. The van der Waals surface area contributed by atoms with E-state index in [1.165, 1.54) is 12.1 Å². The molecule has 0 aliphatic heterocycles. The summed E-state index contributed by atoms with van der Waals surface area (Å²) in [5.41, 5.74) is 4.11. The van der Waals surface area contributed by atoms with E-state index in [1.54, 1.807) is 6.92 Å². The minimum absolute atomic E-state index is 0.0528. The number of fused-ring (bicyclic) bond motifs is 3. The van der Waals surface area contributed by atoms with Crippen LogP contribution in [-0.2, 0) is 9.53 Å². The van der Waals surface area contributed by atoms with E-state index in [0.29, 0.717) is 6.42 Å². The van der Waals surface area contributed by atoms with E-state index < -0.39 is 29.8 Å². The van der Waals surface area contributed by atoms with Crippen molar-refractivity contribution in [3.63, 3.8) is 0 Å². The molecule has 0 bridgehead atoms. The molecule has 3 aromatic carbocycles. The molecule has 0 unspecified atom stereocenters. The monoisotopic (exact) mass is 476 g/mol. The summed E-state index contributed by atoms with van der Waals surface area (Å²) in [6.07, 6.45) is -0.00333. The Morgan fingerprint density at radius 3 is 2.20 bits per heavy atom. The summed E-state index contributed by atoms with van der Waals surface area (Å²) in [5, 5.41) is 13.9. The van der Waals surface area contributed by atoms with Gasteiger partial charge >= 0.3 is 12.1 Å². The van der Waals surface area contributed by atoms with Gasteiger partial charge in [-0.3, -0.25) is 10.1 Å². The third-order valence-electron chi connectivity index (χ3n) is 5.99. The number of carboxylic acid groups (broad SMARTS) is 1. The number of anilines is 1. The van der Waals surface area contributed by atoms with Crippen LogP contribution in [-0.4, -0.2) is 35.7 Å². The highest BCUT2D eigenvalue weighted by Crippen LogP contribution is 2.44. The van der Waals surface area contributed by atoms with E-state index in [9.17, 15) is 23.9 Å². The van der Waals surface area contributed by atoms with Gasteiger partial charge in [0.2, 0.25) is 0 Å². The predicted octanol–water partition coefficient (Wildman–Crippen LogP) is 5.17. The van der Waals surface area contributed by atoms with Crippen LogP contribution in [0.1, 0.15) is 47.2 Å². The van der Waals surface area contributed by atoms with Crippen molar-refractivity contribution in [3.05, 3.63) is 89.2 Å². The van der Waals surface area contributed by atoms with Crippen molar-refractivity contribution in [2.45, 2.75) is 31.7 Å². The fourth-order valence-corrected chi connectivity index (χ4v) is 4.29. The minimum Gasteiger partial charge on any atom is -0.480 e. The molecule has 3 aromatic rings. The summed E-state index contributed by atoms with van der Waals surface area (Å²) in [7, 11) is 0. The number of benzene rings is 3. The highest BCUT2D eigenvalue weighted by Gasteiger charge is 2.29. The standard InChI is InChI=1S/C27H25FN2O5/c1-2-7-24(26(32)33)29-25(31)16-12-13-23(22(28)14-16)30-27(34)35-15-21-19-10-5-3-8-17(19)18-9-4-6-11-20(18)21/h3-6,8-14,21,24H,2,7,15H2,1H3,(H,29,31)(H,30,34)(H,32,33)/t24-/m1/s1. The zero-order valence-corrected chi connectivity index (χ0v) is 19.1. The molecule has 0 saturated heterocycles. The molecule has 0 radical (unpaired) electrons. The average molecular weight is 477 g/mol. The molecule has 0 spiro atoms. The molecule has 0 aromatic heterocycles. The highest BCUT2D eigenvalue weighted by atomic mass is 19.1. The maximum Gasteiger partial charge on any atom is 0.411 e. The normalized spacial score (nSPS) is 12.9. The number of nitrogens with one attached hydrogen (secondary N) is 2. The molecule has 3 N–H and O–H groups in total. The van der Waals surface area contributed by atoms with Crippen LogP contribution in [0.2, 0.25) is 0 Å². The maximum atomic E-state index is 14.6. The second-order valence-corrected chi connectivity index (χ2v) is 8.30. The number of amides is 2. The van der Waals surface area contributed by atoms with E-state index in [4.69, 9.17) is 4.74 Å². The van der Waals surface area contributed by atoms with Gasteiger partial charge in [-0.2, -0.15) is 0 Å². The lowest BCUT2D eigenvalue weighted by Gasteiger charge is -2.15. The Kier molecular flexibility index (Phi) is 7.10. The van der Waals surface area contributed by atoms with Crippen LogP contribution in [0.3, 0.4) is 0 Å². The van der Waals surface area contributed by atoms with Crippen LogP contribution >= 0.6 is 0 Å². The van der Waals surface area contributed by atoms with Gasteiger partial charge in [0.05, 0.1) is 5.69 Å². The third kappa shape index (κ3) is 5.16. The van der Waals surface area contributed by atoms with Crippen molar-refractivity contribution in [1.82, 2.24) is 5.32 Å². The molecule has 180 valence electrons. The zero-order chi connectivity index (χ0) is 24.9. The summed E-state index contributed by atoms with van der Waals surface area (Å²) in [6, 6.07) is 18.3. The van der Waals surface area contributed by atoms with Crippen LogP contribution in [0.5, 0.6) is 0 Å². The van der Waals surface area contributed by atoms with E-state index in [-0.39, 0.29) is 30.2 Å². The van der Waals surface area contributed by atoms with E-state index in [1.807, 2.05) is 48.5 Å². The molecule has 1 aliphatic carbocycles. The van der Waals surface area contributed by atoms with Gasteiger partial charge < -0.3 is 15.2 Å². The summed E-state index contributed by atoms with van der Waals surface area (Å²) < 4.78 is 20.0. The average Bonchev–Trinajstić information content (AvgIpc) is 3.17. The van der Waals surface area contributed by atoms with Crippen LogP contribution < -0.4 is 10.6 Å². The maximum absolute atomic E-state index is 14.6. The number of hydrogen-bond donors (Lipinski definition) is 3. The number of ether oxygens (including phenoxy) is 1. The first-order chi connectivity index (χ1) is 16.9. The number of rotatable bonds is 8.